The number of carbonyl (C=O) groups excluding carboxylic acids is 3. The van der Waals surface area contributed by atoms with Crippen LogP contribution in [0.5, 0.6) is 0 Å². The van der Waals surface area contributed by atoms with E-state index in [0.717, 1.165) is 0 Å². The second kappa shape index (κ2) is 18.9. The van der Waals surface area contributed by atoms with E-state index >= 15 is 0 Å². The SMILES string of the molecule is CSCCC(NC(=O)C(CCCN=C(N)N)NC(=O)C(N)CCCN=C(N)N)C(=O)NC(C(=O)O)C(C)C. The molecule has 0 rings (SSSR count). The molecule has 3 amide bonds. The summed E-state index contributed by atoms with van der Waals surface area (Å²) in [5, 5.41) is 17.2. The molecule has 16 heteroatoms. The number of carboxylic acid groups (broad SMARTS) is 1. The molecular formula is C22H44N10O5S. The predicted molar refractivity (Wildman–Crippen MR) is 149 cm³/mol. The number of rotatable bonds is 19. The second-order valence-corrected chi connectivity index (χ2v) is 9.96. The Morgan fingerprint density at radius 2 is 1.26 bits per heavy atom. The lowest BCUT2D eigenvalue weighted by Crippen LogP contribution is -2.57. The Morgan fingerprint density at radius 3 is 1.74 bits per heavy atom. The predicted octanol–water partition coefficient (Wildman–Crippen LogP) is -2.63. The fraction of sp³-hybridized carbons (Fsp3) is 0.727. The number of guanidine groups is 2. The zero-order valence-electron chi connectivity index (χ0n) is 22.3. The van der Waals surface area contributed by atoms with Crippen LogP contribution in [-0.4, -0.2) is 90.0 Å². The lowest BCUT2D eigenvalue weighted by Gasteiger charge is -2.26. The normalized spacial score (nSPS) is 13.9. The summed E-state index contributed by atoms with van der Waals surface area (Å²) >= 11 is 1.46. The van der Waals surface area contributed by atoms with Crippen molar-refractivity contribution in [1.29, 1.82) is 0 Å². The first-order valence-corrected chi connectivity index (χ1v) is 13.7. The molecule has 38 heavy (non-hydrogen) atoms. The van der Waals surface area contributed by atoms with Crippen molar-refractivity contribution in [2.24, 2.45) is 44.6 Å². The van der Waals surface area contributed by atoms with Crippen LogP contribution in [0.25, 0.3) is 0 Å². The van der Waals surface area contributed by atoms with Crippen LogP contribution in [-0.2, 0) is 19.2 Å². The van der Waals surface area contributed by atoms with Gasteiger partial charge in [-0.2, -0.15) is 11.8 Å². The molecule has 0 aromatic carbocycles. The second-order valence-electron chi connectivity index (χ2n) is 8.98. The maximum atomic E-state index is 13.2. The number of carboxylic acids is 1. The number of nitrogens with zero attached hydrogens (tertiary/aromatic N) is 2. The van der Waals surface area contributed by atoms with E-state index in [1.165, 1.54) is 11.8 Å². The third kappa shape index (κ3) is 15.1. The summed E-state index contributed by atoms with van der Waals surface area (Å²) in [5.74, 6) is -3.00. The average molecular weight is 561 g/mol. The van der Waals surface area contributed by atoms with E-state index in [-0.39, 0.29) is 43.6 Å². The third-order valence-corrected chi connectivity index (χ3v) is 6.00. The van der Waals surface area contributed by atoms with E-state index in [0.29, 0.717) is 25.1 Å². The lowest BCUT2D eigenvalue weighted by atomic mass is 10.0. The van der Waals surface area contributed by atoms with Crippen molar-refractivity contribution in [3.63, 3.8) is 0 Å². The van der Waals surface area contributed by atoms with Crippen molar-refractivity contribution in [2.45, 2.75) is 70.1 Å². The van der Waals surface area contributed by atoms with E-state index < -0.39 is 47.9 Å². The molecule has 0 aliphatic rings. The van der Waals surface area contributed by atoms with Gasteiger partial charge in [0.05, 0.1) is 6.04 Å². The largest absolute Gasteiger partial charge is 0.480 e. The molecule has 0 saturated heterocycles. The molecule has 0 aromatic rings. The van der Waals surface area contributed by atoms with Crippen molar-refractivity contribution >= 4 is 47.4 Å². The third-order valence-electron chi connectivity index (χ3n) is 5.36. The molecule has 0 saturated carbocycles. The van der Waals surface area contributed by atoms with Crippen LogP contribution in [0, 0.1) is 5.92 Å². The quantitative estimate of drug-likeness (QED) is 0.0447. The van der Waals surface area contributed by atoms with E-state index in [2.05, 4.69) is 25.9 Å². The number of amides is 3. The minimum absolute atomic E-state index is 0.0660. The molecule has 0 fully saturated rings. The molecule has 0 aliphatic carbocycles. The molecule has 0 bridgehead atoms. The molecular weight excluding hydrogens is 516 g/mol. The molecule has 0 aromatic heterocycles. The summed E-state index contributed by atoms with van der Waals surface area (Å²) in [7, 11) is 0. The van der Waals surface area contributed by atoms with Crippen LogP contribution in [0.2, 0.25) is 0 Å². The summed E-state index contributed by atoms with van der Waals surface area (Å²) in [6, 6.07) is -4.09. The molecule has 218 valence electrons. The molecule has 0 heterocycles. The maximum absolute atomic E-state index is 13.2. The highest BCUT2D eigenvalue weighted by Gasteiger charge is 2.31. The smallest absolute Gasteiger partial charge is 0.326 e. The highest BCUT2D eigenvalue weighted by molar-refractivity contribution is 7.98. The first kappa shape index (κ1) is 34.7. The van der Waals surface area contributed by atoms with Crippen molar-refractivity contribution in [1.82, 2.24) is 16.0 Å². The van der Waals surface area contributed by atoms with Gasteiger partial charge in [0.2, 0.25) is 17.7 Å². The minimum atomic E-state index is -1.18. The van der Waals surface area contributed by atoms with Crippen LogP contribution in [0.4, 0.5) is 0 Å². The Balaban J connectivity index is 5.52. The first-order chi connectivity index (χ1) is 17.8. The van der Waals surface area contributed by atoms with Crippen LogP contribution in [0.1, 0.15) is 46.0 Å². The number of hydrogen-bond acceptors (Lipinski definition) is 8. The zero-order valence-corrected chi connectivity index (χ0v) is 23.1. The van der Waals surface area contributed by atoms with Crippen molar-refractivity contribution in [2.75, 3.05) is 25.1 Å². The van der Waals surface area contributed by atoms with Gasteiger partial charge in [-0.25, -0.2) is 4.79 Å². The molecule has 4 atom stereocenters. The monoisotopic (exact) mass is 560 g/mol. The summed E-state index contributed by atoms with van der Waals surface area (Å²) < 4.78 is 0. The van der Waals surface area contributed by atoms with Gasteiger partial charge < -0.3 is 49.7 Å². The van der Waals surface area contributed by atoms with Gasteiger partial charge in [0.15, 0.2) is 11.9 Å². The van der Waals surface area contributed by atoms with Gasteiger partial charge in [-0.1, -0.05) is 13.8 Å². The summed E-state index contributed by atoms with van der Waals surface area (Å²) in [5.41, 5.74) is 27.2. The van der Waals surface area contributed by atoms with E-state index in [1.807, 2.05) is 6.26 Å². The standard InChI is InChI=1S/C22H44N10O5S/c1-12(2)16(20(36)37)32-19(35)15(8-11-38-3)31-18(34)14(7-5-10-29-22(26)27)30-17(33)13(23)6-4-9-28-21(24)25/h12-16H,4-11,23H2,1-3H3,(H,30,33)(H,31,34)(H,32,35)(H,36,37)(H4,24,25,28)(H4,26,27,29). The molecule has 0 aliphatic heterocycles. The number of carbonyl (C=O) groups is 4. The van der Waals surface area contributed by atoms with Crippen molar-refractivity contribution < 1.29 is 24.3 Å². The Bertz CT molecular complexity index is 831. The van der Waals surface area contributed by atoms with E-state index in [4.69, 9.17) is 28.7 Å². The number of nitrogens with one attached hydrogen (secondary N) is 3. The van der Waals surface area contributed by atoms with Gasteiger partial charge >= 0.3 is 5.97 Å². The maximum Gasteiger partial charge on any atom is 0.326 e. The van der Waals surface area contributed by atoms with E-state index in [9.17, 15) is 24.3 Å². The Hall–Kier alpha value is -3.27. The highest BCUT2D eigenvalue weighted by atomic mass is 32.2. The Kier molecular flexibility index (Phi) is 17.3. The van der Waals surface area contributed by atoms with Gasteiger partial charge in [0, 0.05) is 13.1 Å². The number of nitrogens with two attached hydrogens (primary N) is 5. The van der Waals surface area contributed by atoms with Crippen LogP contribution in [0.3, 0.4) is 0 Å². The number of aliphatic carboxylic acids is 1. The fourth-order valence-electron chi connectivity index (χ4n) is 3.25. The molecule has 0 spiro atoms. The number of hydrogen-bond donors (Lipinski definition) is 9. The molecule has 14 N–H and O–H groups in total. The topological polar surface area (TPSA) is 279 Å². The van der Waals surface area contributed by atoms with Crippen LogP contribution < -0.4 is 44.6 Å². The Labute approximate surface area is 227 Å². The average Bonchev–Trinajstić information content (AvgIpc) is 2.83. The molecule has 15 nitrogen and oxygen atoms in total. The van der Waals surface area contributed by atoms with Gasteiger partial charge in [0.25, 0.3) is 0 Å². The molecule has 0 radical (unpaired) electrons. The van der Waals surface area contributed by atoms with Gasteiger partial charge in [-0.15, -0.1) is 0 Å². The van der Waals surface area contributed by atoms with E-state index in [1.54, 1.807) is 13.8 Å². The number of thioether (sulfide) groups is 1. The van der Waals surface area contributed by atoms with Gasteiger partial charge in [-0.05, 0) is 50.0 Å². The number of aliphatic imine (C=N–C) groups is 2. The van der Waals surface area contributed by atoms with Crippen LogP contribution >= 0.6 is 11.8 Å². The minimum Gasteiger partial charge on any atom is -0.480 e. The van der Waals surface area contributed by atoms with Crippen molar-refractivity contribution in [3.8, 4) is 0 Å². The summed E-state index contributed by atoms with van der Waals surface area (Å²) in [4.78, 5) is 58.1. The summed E-state index contributed by atoms with van der Waals surface area (Å²) in [6.07, 6.45) is 3.33. The van der Waals surface area contributed by atoms with Gasteiger partial charge in [-0.3, -0.25) is 24.4 Å². The zero-order chi connectivity index (χ0) is 29.3. The lowest BCUT2D eigenvalue weighted by molar-refractivity contribution is -0.143. The van der Waals surface area contributed by atoms with Crippen LogP contribution in [0.15, 0.2) is 9.98 Å². The fourth-order valence-corrected chi connectivity index (χ4v) is 3.72. The first-order valence-electron chi connectivity index (χ1n) is 12.3. The molecule has 4 unspecified atom stereocenters. The summed E-state index contributed by atoms with van der Waals surface area (Å²) in [6.45, 7) is 3.85. The van der Waals surface area contributed by atoms with Crippen molar-refractivity contribution in [3.05, 3.63) is 0 Å². The highest BCUT2D eigenvalue weighted by Crippen LogP contribution is 2.08. The van der Waals surface area contributed by atoms with Gasteiger partial charge in [0.1, 0.15) is 18.1 Å². The Morgan fingerprint density at radius 1 is 0.789 bits per heavy atom.